The summed E-state index contributed by atoms with van der Waals surface area (Å²) in [6.45, 7) is 4.97. The van der Waals surface area contributed by atoms with E-state index in [0.29, 0.717) is 30.2 Å². The number of hydrogen-bond donors (Lipinski definition) is 3. The van der Waals surface area contributed by atoms with Crippen LogP contribution in [0.4, 0.5) is 5.69 Å². The number of nitrogens with zero attached hydrogens (tertiary/aromatic N) is 3. The van der Waals surface area contributed by atoms with E-state index in [1.165, 1.54) is 16.6 Å². The molecule has 0 spiro atoms. The number of aromatic amines is 2. The van der Waals surface area contributed by atoms with E-state index in [1.54, 1.807) is 23.9 Å². The van der Waals surface area contributed by atoms with Gasteiger partial charge in [0.05, 0.1) is 5.69 Å². The van der Waals surface area contributed by atoms with E-state index in [0.717, 1.165) is 17.3 Å². The van der Waals surface area contributed by atoms with Gasteiger partial charge in [-0.1, -0.05) is 26.0 Å². The van der Waals surface area contributed by atoms with Crippen molar-refractivity contribution in [2.24, 2.45) is 0 Å². The van der Waals surface area contributed by atoms with Gasteiger partial charge < -0.3 is 10.3 Å². The number of sulfonamides is 1. The third-order valence-corrected chi connectivity index (χ3v) is 7.79. The second kappa shape index (κ2) is 8.85. The predicted molar refractivity (Wildman–Crippen MR) is 121 cm³/mol. The van der Waals surface area contributed by atoms with Gasteiger partial charge in [-0.05, 0) is 18.2 Å². The van der Waals surface area contributed by atoms with Crippen LogP contribution in [-0.4, -0.2) is 63.4 Å². The molecule has 3 N–H and O–H groups in total. The summed E-state index contributed by atoms with van der Waals surface area (Å²) in [5, 5.41) is 10.0. The molecule has 0 radical (unpaired) electrons. The molecule has 1 saturated heterocycles. The van der Waals surface area contributed by atoms with Gasteiger partial charge in [0.25, 0.3) is 5.91 Å². The zero-order valence-electron chi connectivity index (χ0n) is 17.3. The second-order valence-corrected chi connectivity index (χ2v) is 10.6. The maximum absolute atomic E-state index is 12.8. The highest BCUT2D eigenvalue weighted by atomic mass is 32.2. The number of rotatable bonds is 6. The molecule has 1 aliphatic heterocycles. The molecule has 2 aromatic heterocycles. The van der Waals surface area contributed by atoms with E-state index in [9.17, 15) is 13.2 Å². The number of carbonyl (C=O) groups excluding carboxylic acids is 1. The molecule has 0 bridgehead atoms. The zero-order valence-corrected chi connectivity index (χ0v) is 18.9. The molecule has 1 amide bonds. The van der Waals surface area contributed by atoms with Crippen LogP contribution < -0.4 is 5.32 Å². The Morgan fingerprint density at radius 3 is 2.68 bits per heavy atom. The maximum Gasteiger partial charge on any atom is 0.272 e. The lowest BCUT2D eigenvalue weighted by atomic mass is 10.1. The summed E-state index contributed by atoms with van der Waals surface area (Å²) in [6.07, 6.45) is 1.36. The average molecular weight is 461 g/mol. The highest BCUT2D eigenvalue weighted by Gasteiger charge is 2.28. The van der Waals surface area contributed by atoms with E-state index in [4.69, 9.17) is 0 Å². The highest BCUT2D eigenvalue weighted by molar-refractivity contribution is 7.99. The lowest BCUT2D eigenvalue weighted by molar-refractivity contribution is 0.102. The Balaban J connectivity index is 1.55. The van der Waals surface area contributed by atoms with E-state index in [1.807, 2.05) is 26.0 Å². The summed E-state index contributed by atoms with van der Waals surface area (Å²) in [5.41, 5.74) is 1.37. The lowest BCUT2D eigenvalue weighted by Crippen LogP contribution is -2.37. The van der Waals surface area contributed by atoms with Crippen LogP contribution in [0.5, 0.6) is 0 Å². The Kier molecular flexibility index (Phi) is 6.17. The fourth-order valence-corrected chi connectivity index (χ4v) is 5.79. The molecule has 0 aliphatic carbocycles. The van der Waals surface area contributed by atoms with Crippen molar-refractivity contribution in [1.29, 1.82) is 0 Å². The van der Waals surface area contributed by atoms with Crippen molar-refractivity contribution in [1.82, 2.24) is 24.5 Å². The van der Waals surface area contributed by atoms with E-state index < -0.39 is 15.9 Å². The van der Waals surface area contributed by atoms with Gasteiger partial charge >= 0.3 is 0 Å². The Hall–Kier alpha value is -2.63. The molecule has 0 atom stereocenters. The topological polar surface area (TPSA) is 124 Å². The summed E-state index contributed by atoms with van der Waals surface area (Å²) in [4.78, 5) is 20.2. The molecule has 0 unspecified atom stereocenters. The van der Waals surface area contributed by atoms with Crippen LogP contribution in [0.3, 0.4) is 0 Å². The quantitative estimate of drug-likeness (QED) is 0.520. The minimum absolute atomic E-state index is 0.0911. The Labute approximate surface area is 185 Å². The zero-order chi connectivity index (χ0) is 22.0. The van der Waals surface area contributed by atoms with Crippen molar-refractivity contribution >= 4 is 33.4 Å². The van der Waals surface area contributed by atoms with Crippen molar-refractivity contribution in [3.8, 4) is 11.4 Å². The second-order valence-electron chi connectivity index (χ2n) is 7.46. The smallest absolute Gasteiger partial charge is 0.272 e. The molecule has 31 heavy (non-hydrogen) atoms. The monoisotopic (exact) mass is 460 g/mol. The van der Waals surface area contributed by atoms with Gasteiger partial charge in [-0.2, -0.15) is 21.2 Å². The predicted octanol–water partition coefficient (Wildman–Crippen LogP) is 2.91. The van der Waals surface area contributed by atoms with Crippen molar-refractivity contribution in [2.45, 2.75) is 24.7 Å². The number of thioether (sulfide) groups is 1. The third-order valence-electron chi connectivity index (χ3n) is 4.97. The molecule has 1 fully saturated rings. The number of aromatic nitrogens is 4. The molecule has 3 heterocycles. The minimum Gasteiger partial charge on any atom is -0.356 e. The average Bonchev–Trinajstić information content (AvgIpc) is 3.45. The van der Waals surface area contributed by atoms with Crippen molar-refractivity contribution in [2.75, 3.05) is 29.9 Å². The summed E-state index contributed by atoms with van der Waals surface area (Å²) in [5.74, 6) is 2.54. The first-order valence-electron chi connectivity index (χ1n) is 9.95. The number of para-hydroxylation sites is 1. The normalized spacial score (nSPS) is 15.3. The number of hydrogen-bond acceptors (Lipinski definition) is 6. The number of H-pyrrole nitrogens is 2. The van der Waals surface area contributed by atoms with Gasteiger partial charge in [0.2, 0.25) is 10.0 Å². The van der Waals surface area contributed by atoms with Crippen molar-refractivity contribution in [3.63, 3.8) is 0 Å². The van der Waals surface area contributed by atoms with Gasteiger partial charge in [0.1, 0.15) is 16.4 Å². The molecular formula is C20H24N6O3S2. The molecule has 1 aliphatic rings. The highest BCUT2D eigenvalue weighted by Crippen LogP contribution is 2.27. The molecule has 4 rings (SSSR count). The first-order chi connectivity index (χ1) is 14.9. The molecule has 9 nitrogen and oxygen atoms in total. The van der Waals surface area contributed by atoms with Crippen LogP contribution in [0.2, 0.25) is 0 Å². The molecular weight excluding hydrogens is 436 g/mol. The third kappa shape index (κ3) is 4.53. The van der Waals surface area contributed by atoms with Gasteiger partial charge in [-0.3, -0.25) is 9.89 Å². The number of anilines is 1. The van der Waals surface area contributed by atoms with Gasteiger partial charge in [-0.25, -0.2) is 13.4 Å². The van der Waals surface area contributed by atoms with Crippen LogP contribution >= 0.6 is 11.8 Å². The molecule has 11 heteroatoms. The Morgan fingerprint density at radius 1 is 1.23 bits per heavy atom. The summed E-state index contributed by atoms with van der Waals surface area (Å²) in [6, 6.07) is 8.59. The van der Waals surface area contributed by atoms with E-state index in [-0.39, 0.29) is 16.5 Å². The largest absolute Gasteiger partial charge is 0.356 e. The van der Waals surface area contributed by atoms with Crippen molar-refractivity contribution < 1.29 is 13.2 Å². The molecule has 0 saturated carbocycles. The van der Waals surface area contributed by atoms with E-state index in [2.05, 4.69) is 25.5 Å². The first kappa shape index (κ1) is 21.6. The van der Waals surface area contributed by atoms with Crippen LogP contribution in [0, 0.1) is 0 Å². The van der Waals surface area contributed by atoms with Crippen molar-refractivity contribution in [3.05, 3.63) is 48.0 Å². The van der Waals surface area contributed by atoms with Crippen LogP contribution in [0.15, 0.2) is 41.4 Å². The van der Waals surface area contributed by atoms with Crippen LogP contribution in [0.25, 0.3) is 11.4 Å². The lowest BCUT2D eigenvalue weighted by Gasteiger charge is -2.24. The number of amides is 1. The molecule has 164 valence electrons. The van der Waals surface area contributed by atoms with Gasteiger partial charge in [-0.15, -0.1) is 0 Å². The van der Waals surface area contributed by atoms with E-state index >= 15 is 0 Å². The Morgan fingerprint density at radius 2 is 1.97 bits per heavy atom. The number of benzene rings is 1. The molecule has 1 aromatic carbocycles. The summed E-state index contributed by atoms with van der Waals surface area (Å²) >= 11 is 1.73. The van der Waals surface area contributed by atoms with Crippen LogP contribution in [-0.2, 0) is 10.0 Å². The number of carbonyl (C=O) groups is 1. The van der Waals surface area contributed by atoms with Gasteiger partial charge in [0.15, 0.2) is 5.82 Å². The fourth-order valence-electron chi connectivity index (χ4n) is 3.22. The summed E-state index contributed by atoms with van der Waals surface area (Å²) < 4.78 is 27.1. The Bertz CT molecular complexity index is 1180. The SMILES string of the molecule is CC(C)c1nc(-c2ccccc2NC(=O)c2cc(S(=O)(=O)N3CCSCC3)c[nH]2)n[nH]1. The maximum atomic E-state index is 12.8. The number of nitrogens with one attached hydrogen (secondary N) is 3. The summed E-state index contributed by atoms with van der Waals surface area (Å²) in [7, 11) is -3.62. The minimum atomic E-state index is -3.62. The molecule has 3 aromatic rings. The fraction of sp³-hybridized carbons (Fsp3) is 0.350. The first-order valence-corrected chi connectivity index (χ1v) is 12.5. The standard InChI is InChI=1S/C20H24N6O3S2/c1-13(2)18-23-19(25-24-18)15-5-3-4-6-16(15)22-20(27)17-11-14(12-21-17)31(28,29)26-7-9-30-10-8-26/h3-6,11-13,21H,7-10H2,1-2H3,(H,22,27)(H,23,24,25). The van der Waals surface area contributed by atoms with Gasteiger partial charge in [0, 0.05) is 42.3 Å². The van der Waals surface area contributed by atoms with Crippen LogP contribution in [0.1, 0.15) is 36.1 Å².